The van der Waals surface area contributed by atoms with Gasteiger partial charge in [-0.3, -0.25) is 4.79 Å². The normalized spacial score (nSPS) is 13.5. The molecule has 4 nitrogen and oxygen atoms in total. The van der Waals surface area contributed by atoms with Gasteiger partial charge >= 0.3 is 0 Å². The number of carbonyl (C=O) groups is 1. The average molecular weight is 377 g/mol. The smallest absolute Gasteiger partial charge is 0.217 e. The molecule has 1 saturated carbocycles. The Kier molecular flexibility index (Phi) is 5.84. The zero-order chi connectivity index (χ0) is 20.4. The molecule has 1 aromatic carbocycles. The van der Waals surface area contributed by atoms with Crippen LogP contribution in [0.3, 0.4) is 0 Å². The number of methoxy groups -OCH3 is 1. The van der Waals surface area contributed by atoms with Gasteiger partial charge in [-0.25, -0.2) is 4.98 Å². The Balaban J connectivity index is 2.28. The second kappa shape index (κ2) is 8.14. The van der Waals surface area contributed by atoms with E-state index in [-0.39, 0.29) is 11.7 Å². The van der Waals surface area contributed by atoms with Crippen LogP contribution in [-0.2, 0) is 12.8 Å². The number of ether oxygens (including phenoxy) is 1. The van der Waals surface area contributed by atoms with Crippen LogP contribution in [0.2, 0.25) is 0 Å². The van der Waals surface area contributed by atoms with E-state index in [9.17, 15) is 10.1 Å². The van der Waals surface area contributed by atoms with Crippen LogP contribution in [0, 0.1) is 24.2 Å². The maximum Gasteiger partial charge on any atom is 0.217 e. The fraction of sp³-hybridized carbons (Fsp3) is 0.458. The molecule has 1 aliphatic carbocycles. The molecule has 0 amide bonds. The van der Waals surface area contributed by atoms with Gasteiger partial charge < -0.3 is 4.74 Å². The van der Waals surface area contributed by atoms with Gasteiger partial charge in [0, 0.05) is 22.4 Å². The molecule has 0 N–H and O–H groups in total. The molecule has 0 atom stereocenters. The number of benzene rings is 1. The molecule has 1 heterocycles. The minimum Gasteiger partial charge on any atom is -0.481 e. The first kappa shape index (κ1) is 20.1. The lowest BCUT2D eigenvalue weighted by Crippen LogP contribution is -2.17. The molecular formula is C24H28N2O2. The summed E-state index contributed by atoms with van der Waals surface area (Å²) in [6.45, 7) is 8.12. The van der Waals surface area contributed by atoms with Gasteiger partial charge in [0.2, 0.25) is 5.88 Å². The maximum atomic E-state index is 13.8. The van der Waals surface area contributed by atoms with Crippen molar-refractivity contribution < 1.29 is 9.53 Å². The van der Waals surface area contributed by atoms with Gasteiger partial charge in [-0.1, -0.05) is 20.8 Å². The van der Waals surface area contributed by atoms with Crippen LogP contribution < -0.4 is 4.74 Å². The van der Waals surface area contributed by atoms with E-state index in [1.54, 1.807) is 19.2 Å². The lowest BCUT2D eigenvalue weighted by molar-refractivity contribution is 0.103. The monoisotopic (exact) mass is 376 g/mol. The molecular weight excluding hydrogens is 348 g/mol. The third kappa shape index (κ3) is 3.94. The molecule has 146 valence electrons. The van der Waals surface area contributed by atoms with Crippen molar-refractivity contribution in [2.45, 2.75) is 59.3 Å². The SMILES string of the molecule is CCc1nc(OC)c(C(C)C)c(C(=O)c2cc(C)cc(C#N)c2)c1CC1CC1. The van der Waals surface area contributed by atoms with E-state index in [4.69, 9.17) is 9.72 Å². The third-order valence-corrected chi connectivity index (χ3v) is 5.38. The van der Waals surface area contributed by atoms with Gasteiger partial charge in [-0.15, -0.1) is 0 Å². The van der Waals surface area contributed by atoms with Crippen molar-refractivity contribution in [1.82, 2.24) is 4.98 Å². The predicted molar refractivity (Wildman–Crippen MR) is 110 cm³/mol. The Morgan fingerprint density at radius 3 is 2.57 bits per heavy atom. The highest BCUT2D eigenvalue weighted by atomic mass is 16.5. The first-order valence-corrected chi connectivity index (χ1v) is 10.1. The largest absolute Gasteiger partial charge is 0.481 e. The number of pyridine rings is 1. The molecule has 0 bridgehead atoms. The minimum absolute atomic E-state index is 0.0325. The first-order valence-electron chi connectivity index (χ1n) is 10.1. The molecule has 0 radical (unpaired) electrons. The Hall–Kier alpha value is -2.67. The Labute approximate surface area is 167 Å². The predicted octanol–water partition coefficient (Wildman–Crippen LogP) is 5.14. The molecule has 2 aromatic rings. The zero-order valence-electron chi connectivity index (χ0n) is 17.4. The van der Waals surface area contributed by atoms with Crippen LogP contribution in [0.5, 0.6) is 5.88 Å². The van der Waals surface area contributed by atoms with E-state index in [0.29, 0.717) is 22.9 Å². The van der Waals surface area contributed by atoms with E-state index in [2.05, 4.69) is 26.8 Å². The molecule has 0 spiro atoms. The van der Waals surface area contributed by atoms with E-state index in [0.717, 1.165) is 40.8 Å². The number of ketones is 1. The molecule has 1 fully saturated rings. The van der Waals surface area contributed by atoms with Crippen LogP contribution in [0.15, 0.2) is 18.2 Å². The van der Waals surface area contributed by atoms with Crippen molar-refractivity contribution >= 4 is 5.78 Å². The van der Waals surface area contributed by atoms with Crippen molar-refractivity contribution in [3.8, 4) is 11.9 Å². The molecule has 0 aliphatic heterocycles. The topological polar surface area (TPSA) is 63.0 Å². The number of nitriles is 1. The summed E-state index contributed by atoms with van der Waals surface area (Å²) in [5.41, 5.74) is 5.61. The second-order valence-corrected chi connectivity index (χ2v) is 8.02. The molecule has 4 heteroatoms. The standard InChI is InChI=1S/C24H28N2O2/c1-6-20-19(12-16-7-8-16)22(21(14(2)3)24(26-20)28-5)23(27)18-10-15(4)9-17(11-18)13-25/h9-11,14,16H,6-8,12H2,1-5H3. The van der Waals surface area contributed by atoms with Crippen molar-refractivity contribution in [3.05, 3.63) is 57.3 Å². The number of carbonyl (C=O) groups excluding carboxylic acids is 1. The highest BCUT2D eigenvalue weighted by Gasteiger charge is 2.31. The van der Waals surface area contributed by atoms with Gasteiger partial charge in [-0.2, -0.15) is 5.26 Å². The summed E-state index contributed by atoms with van der Waals surface area (Å²) in [5.74, 6) is 1.25. The zero-order valence-corrected chi connectivity index (χ0v) is 17.4. The average Bonchev–Trinajstić information content (AvgIpc) is 3.50. The fourth-order valence-electron chi connectivity index (χ4n) is 3.86. The summed E-state index contributed by atoms with van der Waals surface area (Å²) in [6, 6.07) is 7.53. The highest BCUT2D eigenvalue weighted by molar-refractivity contribution is 6.11. The summed E-state index contributed by atoms with van der Waals surface area (Å²) in [7, 11) is 1.61. The van der Waals surface area contributed by atoms with Gasteiger partial charge in [0.25, 0.3) is 0 Å². The molecule has 28 heavy (non-hydrogen) atoms. The van der Waals surface area contributed by atoms with Gasteiger partial charge in [0.15, 0.2) is 5.78 Å². The van der Waals surface area contributed by atoms with Gasteiger partial charge in [-0.05, 0) is 73.8 Å². The number of rotatable bonds is 7. The van der Waals surface area contributed by atoms with Crippen molar-refractivity contribution in [1.29, 1.82) is 5.26 Å². The van der Waals surface area contributed by atoms with E-state index < -0.39 is 0 Å². The van der Waals surface area contributed by atoms with Crippen LogP contribution >= 0.6 is 0 Å². The van der Waals surface area contributed by atoms with Crippen LogP contribution in [0.4, 0.5) is 0 Å². The van der Waals surface area contributed by atoms with Gasteiger partial charge in [0.05, 0.1) is 18.7 Å². The molecule has 0 unspecified atom stereocenters. The van der Waals surface area contributed by atoms with Crippen LogP contribution in [0.1, 0.15) is 83.4 Å². The second-order valence-electron chi connectivity index (χ2n) is 8.02. The number of hydrogen-bond donors (Lipinski definition) is 0. The molecule has 1 aliphatic rings. The quantitative estimate of drug-likeness (QED) is 0.628. The fourth-order valence-corrected chi connectivity index (χ4v) is 3.86. The first-order chi connectivity index (χ1) is 13.4. The number of hydrogen-bond acceptors (Lipinski definition) is 4. The Morgan fingerprint density at radius 2 is 2.04 bits per heavy atom. The van der Waals surface area contributed by atoms with E-state index in [1.165, 1.54) is 12.8 Å². The summed E-state index contributed by atoms with van der Waals surface area (Å²) in [5, 5.41) is 9.34. The Bertz CT molecular complexity index is 950. The summed E-state index contributed by atoms with van der Waals surface area (Å²) in [4.78, 5) is 18.5. The van der Waals surface area contributed by atoms with Crippen LogP contribution in [0.25, 0.3) is 0 Å². The van der Waals surface area contributed by atoms with Gasteiger partial charge in [0.1, 0.15) is 0 Å². The maximum absolute atomic E-state index is 13.8. The molecule has 3 rings (SSSR count). The van der Waals surface area contributed by atoms with E-state index >= 15 is 0 Å². The lowest BCUT2D eigenvalue weighted by atomic mass is 9.85. The highest BCUT2D eigenvalue weighted by Crippen LogP contribution is 2.39. The Morgan fingerprint density at radius 1 is 1.32 bits per heavy atom. The third-order valence-electron chi connectivity index (χ3n) is 5.38. The molecule has 1 aromatic heterocycles. The number of nitrogens with zero attached hydrogens (tertiary/aromatic N) is 2. The molecule has 0 saturated heterocycles. The lowest BCUT2D eigenvalue weighted by Gasteiger charge is -2.22. The van der Waals surface area contributed by atoms with Crippen molar-refractivity contribution in [3.63, 3.8) is 0 Å². The number of aromatic nitrogens is 1. The minimum atomic E-state index is -0.0325. The summed E-state index contributed by atoms with van der Waals surface area (Å²) >= 11 is 0. The van der Waals surface area contributed by atoms with Crippen LogP contribution in [-0.4, -0.2) is 17.9 Å². The number of aryl methyl sites for hydroxylation is 2. The summed E-state index contributed by atoms with van der Waals surface area (Å²) < 4.78 is 5.60. The summed E-state index contributed by atoms with van der Waals surface area (Å²) in [6.07, 6.45) is 4.07. The van der Waals surface area contributed by atoms with Crippen molar-refractivity contribution in [2.24, 2.45) is 5.92 Å². The van der Waals surface area contributed by atoms with Crippen molar-refractivity contribution in [2.75, 3.05) is 7.11 Å². The van der Waals surface area contributed by atoms with E-state index in [1.807, 2.05) is 13.0 Å².